The second-order valence-electron chi connectivity index (χ2n) is 4.52. The molecular weight excluding hydrogens is 270 g/mol. The number of hydrogen-bond acceptors (Lipinski definition) is 5. The maximum atomic E-state index is 11.4. The second kappa shape index (κ2) is 9.23. The number of ether oxygens (including phenoxy) is 3. The third-order valence-corrected chi connectivity index (χ3v) is 2.96. The summed E-state index contributed by atoms with van der Waals surface area (Å²) in [5, 5.41) is 0. The van der Waals surface area contributed by atoms with Crippen molar-refractivity contribution in [2.45, 2.75) is 39.7 Å². The van der Waals surface area contributed by atoms with Crippen molar-refractivity contribution in [3.63, 3.8) is 0 Å². The molecule has 0 spiro atoms. The van der Waals surface area contributed by atoms with Crippen LogP contribution in [0.3, 0.4) is 0 Å². The summed E-state index contributed by atoms with van der Waals surface area (Å²) >= 11 is 0. The number of esters is 1. The first-order valence-corrected chi connectivity index (χ1v) is 7.43. The minimum atomic E-state index is -0.232. The zero-order valence-corrected chi connectivity index (χ0v) is 13.1. The number of nitrogens with two attached hydrogens (primary N) is 1. The first kappa shape index (κ1) is 17.3. The van der Waals surface area contributed by atoms with Crippen LogP contribution in [-0.4, -0.2) is 25.8 Å². The van der Waals surface area contributed by atoms with Gasteiger partial charge in [-0.25, -0.2) is 0 Å². The molecule has 118 valence electrons. The monoisotopic (exact) mass is 295 g/mol. The molecule has 0 amide bonds. The van der Waals surface area contributed by atoms with Crippen LogP contribution in [0.15, 0.2) is 18.2 Å². The van der Waals surface area contributed by atoms with E-state index in [1.54, 1.807) is 6.92 Å². The maximum absolute atomic E-state index is 11.4. The molecule has 0 heterocycles. The summed E-state index contributed by atoms with van der Waals surface area (Å²) in [5.41, 5.74) is 7.05. The fourth-order valence-electron chi connectivity index (χ4n) is 1.97. The smallest absolute Gasteiger partial charge is 0.305 e. The van der Waals surface area contributed by atoms with Gasteiger partial charge in [0.1, 0.15) is 0 Å². The highest BCUT2D eigenvalue weighted by Gasteiger charge is 2.13. The van der Waals surface area contributed by atoms with E-state index in [4.69, 9.17) is 19.9 Å². The fourth-order valence-corrected chi connectivity index (χ4v) is 1.97. The SMILES string of the molecule is CCOC(=O)CCC(N)c1ccc(OCC)c(OCC)c1. The summed E-state index contributed by atoms with van der Waals surface area (Å²) in [6, 6.07) is 5.41. The van der Waals surface area contributed by atoms with Gasteiger partial charge in [0.25, 0.3) is 0 Å². The lowest BCUT2D eigenvalue weighted by Crippen LogP contribution is -2.14. The van der Waals surface area contributed by atoms with Crippen molar-refractivity contribution < 1.29 is 19.0 Å². The summed E-state index contributed by atoms with van der Waals surface area (Å²) in [7, 11) is 0. The first-order valence-electron chi connectivity index (χ1n) is 7.43. The van der Waals surface area contributed by atoms with Crippen LogP contribution in [-0.2, 0) is 9.53 Å². The highest BCUT2D eigenvalue weighted by Crippen LogP contribution is 2.31. The van der Waals surface area contributed by atoms with E-state index in [9.17, 15) is 4.79 Å². The molecule has 0 bridgehead atoms. The number of hydrogen-bond donors (Lipinski definition) is 1. The molecule has 1 aromatic rings. The van der Waals surface area contributed by atoms with E-state index in [2.05, 4.69) is 0 Å². The van der Waals surface area contributed by atoms with Crippen LogP contribution in [0.4, 0.5) is 0 Å². The van der Waals surface area contributed by atoms with Crippen molar-refractivity contribution in [1.29, 1.82) is 0 Å². The Bertz CT molecular complexity index is 448. The molecule has 21 heavy (non-hydrogen) atoms. The van der Waals surface area contributed by atoms with E-state index < -0.39 is 0 Å². The predicted octanol–water partition coefficient (Wildman–Crippen LogP) is 2.83. The van der Waals surface area contributed by atoms with E-state index in [0.29, 0.717) is 44.2 Å². The van der Waals surface area contributed by atoms with E-state index in [1.807, 2.05) is 32.0 Å². The highest BCUT2D eigenvalue weighted by molar-refractivity contribution is 5.69. The Labute approximate surface area is 126 Å². The average molecular weight is 295 g/mol. The molecule has 0 radical (unpaired) electrons. The molecule has 0 fully saturated rings. The van der Waals surface area contributed by atoms with Gasteiger partial charge in [-0.2, -0.15) is 0 Å². The molecule has 1 unspecified atom stereocenters. The highest BCUT2D eigenvalue weighted by atomic mass is 16.5. The molecular formula is C16H25NO4. The number of carbonyl (C=O) groups excluding carboxylic acids is 1. The van der Waals surface area contributed by atoms with E-state index in [0.717, 1.165) is 5.56 Å². The van der Waals surface area contributed by atoms with Gasteiger partial charge in [-0.15, -0.1) is 0 Å². The fraction of sp³-hybridized carbons (Fsp3) is 0.562. The molecule has 0 saturated heterocycles. The predicted molar refractivity (Wildman–Crippen MR) is 81.6 cm³/mol. The summed E-state index contributed by atoms with van der Waals surface area (Å²) < 4.78 is 16.0. The van der Waals surface area contributed by atoms with Gasteiger partial charge in [0.15, 0.2) is 11.5 Å². The van der Waals surface area contributed by atoms with Crippen LogP contribution in [0.2, 0.25) is 0 Å². The Morgan fingerprint density at radius 3 is 2.38 bits per heavy atom. The molecule has 0 aliphatic rings. The molecule has 1 aromatic carbocycles. The molecule has 0 aliphatic heterocycles. The molecule has 2 N–H and O–H groups in total. The number of benzene rings is 1. The Kier molecular flexibility index (Phi) is 7.61. The maximum Gasteiger partial charge on any atom is 0.305 e. The van der Waals surface area contributed by atoms with Gasteiger partial charge in [-0.3, -0.25) is 4.79 Å². The van der Waals surface area contributed by atoms with E-state index in [-0.39, 0.29) is 12.0 Å². The summed E-state index contributed by atoms with van der Waals surface area (Å²) in [4.78, 5) is 11.4. The topological polar surface area (TPSA) is 70.8 Å². The van der Waals surface area contributed by atoms with Gasteiger partial charge in [-0.1, -0.05) is 6.07 Å². The zero-order valence-electron chi connectivity index (χ0n) is 13.1. The van der Waals surface area contributed by atoms with Crippen molar-refractivity contribution in [3.05, 3.63) is 23.8 Å². The van der Waals surface area contributed by atoms with Crippen molar-refractivity contribution >= 4 is 5.97 Å². The van der Waals surface area contributed by atoms with Crippen LogP contribution in [0.5, 0.6) is 11.5 Å². The van der Waals surface area contributed by atoms with Crippen molar-refractivity contribution in [1.82, 2.24) is 0 Å². The van der Waals surface area contributed by atoms with Gasteiger partial charge in [0.05, 0.1) is 19.8 Å². The number of rotatable bonds is 9. The molecule has 5 nitrogen and oxygen atoms in total. The Hall–Kier alpha value is -1.75. The summed E-state index contributed by atoms with van der Waals surface area (Å²) in [6.45, 7) is 7.16. The summed E-state index contributed by atoms with van der Waals surface area (Å²) in [5.74, 6) is 1.17. The molecule has 1 atom stereocenters. The Balaban J connectivity index is 2.72. The lowest BCUT2D eigenvalue weighted by atomic mass is 10.0. The van der Waals surface area contributed by atoms with Crippen LogP contribution < -0.4 is 15.2 Å². The van der Waals surface area contributed by atoms with Gasteiger partial charge in [0.2, 0.25) is 0 Å². The van der Waals surface area contributed by atoms with Gasteiger partial charge in [0, 0.05) is 12.5 Å². The lowest BCUT2D eigenvalue weighted by Gasteiger charge is -2.16. The molecule has 5 heteroatoms. The van der Waals surface area contributed by atoms with Gasteiger partial charge in [-0.05, 0) is 44.9 Å². The quantitative estimate of drug-likeness (QED) is 0.709. The molecule has 0 aromatic heterocycles. The van der Waals surface area contributed by atoms with Crippen molar-refractivity contribution in [2.75, 3.05) is 19.8 Å². The molecule has 1 rings (SSSR count). The van der Waals surface area contributed by atoms with Crippen LogP contribution in [0, 0.1) is 0 Å². The van der Waals surface area contributed by atoms with Crippen molar-refractivity contribution in [3.8, 4) is 11.5 Å². The lowest BCUT2D eigenvalue weighted by molar-refractivity contribution is -0.143. The van der Waals surface area contributed by atoms with E-state index >= 15 is 0 Å². The van der Waals surface area contributed by atoms with Crippen molar-refractivity contribution in [2.24, 2.45) is 5.73 Å². The number of carbonyl (C=O) groups is 1. The minimum Gasteiger partial charge on any atom is -0.490 e. The van der Waals surface area contributed by atoms with Crippen LogP contribution >= 0.6 is 0 Å². The average Bonchev–Trinajstić information content (AvgIpc) is 2.47. The van der Waals surface area contributed by atoms with Gasteiger partial charge < -0.3 is 19.9 Å². The zero-order chi connectivity index (χ0) is 15.7. The largest absolute Gasteiger partial charge is 0.490 e. The van der Waals surface area contributed by atoms with E-state index in [1.165, 1.54) is 0 Å². The Morgan fingerprint density at radius 2 is 1.76 bits per heavy atom. The summed E-state index contributed by atoms with van der Waals surface area (Å²) in [6.07, 6.45) is 0.852. The van der Waals surface area contributed by atoms with Gasteiger partial charge >= 0.3 is 5.97 Å². The van der Waals surface area contributed by atoms with Crippen LogP contribution in [0.25, 0.3) is 0 Å². The standard InChI is InChI=1S/C16H25NO4/c1-4-19-14-9-7-12(11-15(14)20-5-2)13(17)8-10-16(18)21-6-3/h7,9,11,13H,4-6,8,10,17H2,1-3H3. The normalized spacial score (nSPS) is 11.8. The third-order valence-electron chi connectivity index (χ3n) is 2.96. The molecule has 0 aliphatic carbocycles. The molecule has 0 saturated carbocycles. The van der Waals surface area contributed by atoms with Crippen LogP contribution in [0.1, 0.15) is 45.2 Å². The Morgan fingerprint density at radius 1 is 1.10 bits per heavy atom. The third kappa shape index (κ3) is 5.63. The minimum absolute atomic E-state index is 0.219. The first-order chi connectivity index (χ1) is 10.1. The second-order valence-corrected chi connectivity index (χ2v) is 4.52.